The van der Waals surface area contributed by atoms with Gasteiger partial charge >= 0.3 is 12.2 Å². The van der Waals surface area contributed by atoms with E-state index in [2.05, 4.69) is 15.5 Å². The molecule has 6 nitrogen and oxygen atoms in total. The van der Waals surface area contributed by atoms with Crippen LogP contribution in [-0.4, -0.2) is 32.2 Å². The van der Waals surface area contributed by atoms with Gasteiger partial charge in [-0.15, -0.1) is 10.2 Å². The number of aromatic nitrogens is 3. The molecule has 0 atom stereocenters. The number of alkyl halides is 3. The van der Waals surface area contributed by atoms with Crippen molar-refractivity contribution in [2.24, 2.45) is 0 Å². The van der Waals surface area contributed by atoms with Gasteiger partial charge in [-0.3, -0.25) is 0 Å². The molecule has 0 radical (unpaired) electrons. The summed E-state index contributed by atoms with van der Waals surface area (Å²) >= 11 is 0. The Labute approximate surface area is 146 Å². The van der Waals surface area contributed by atoms with Crippen LogP contribution >= 0.6 is 0 Å². The van der Waals surface area contributed by atoms with E-state index in [1.165, 1.54) is 4.90 Å². The van der Waals surface area contributed by atoms with Gasteiger partial charge in [-0.2, -0.15) is 13.2 Å². The second kappa shape index (κ2) is 6.01. The van der Waals surface area contributed by atoms with Crippen molar-refractivity contribution < 1.29 is 18.0 Å². The fourth-order valence-corrected chi connectivity index (χ4v) is 3.07. The topological polar surface area (TPSA) is 63.1 Å². The summed E-state index contributed by atoms with van der Waals surface area (Å²) in [6.45, 7) is 0.116. The van der Waals surface area contributed by atoms with Gasteiger partial charge in [-0.1, -0.05) is 36.4 Å². The van der Waals surface area contributed by atoms with Crippen LogP contribution in [0.15, 0.2) is 42.5 Å². The average molecular weight is 361 g/mol. The van der Waals surface area contributed by atoms with Gasteiger partial charge in [0, 0.05) is 18.5 Å². The monoisotopic (exact) mass is 361 g/mol. The van der Waals surface area contributed by atoms with Gasteiger partial charge in [-0.25, -0.2) is 4.79 Å². The number of urea groups is 1. The maximum atomic E-state index is 12.9. The second-order valence-corrected chi connectivity index (χ2v) is 5.97. The van der Waals surface area contributed by atoms with Crippen LogP contribution in [0.1, 0.15) is 11.6 Å². The predicted molar refractivity (Wildman–Crippen MR) is 88.4 cm³/mol. The van der Waals surface area contributed by atoms with Crippen LogP contribution in [0, 0.1) is 0 Å². The van der Waals surface area contributed by atoms with Crippen LogP contribution in [-0.2, 0) is 19.3 Å². The van der Waals surface area contributed by atoms with Gasteiger partial charge in [0.2, 0.25) is 5.82 Å². The Kier molecular flexibility index (Phi) is 3.78. The molecule has 2 aromatic carbocycles. The molecule has 2 amide bonds. The van der Waals surface area contributed by atoms with Crippen LogP contribution in [0.4, 0.5) is 23.7 Å². The Morgan fingerprint density at radius 3 is 2.62 bits per heavy atom. The lowest BCUT2D eigenvalue weighted by Gasteiger charge is -2.28. The minimum atomic E-state index is -4.56. The normalized spacial score (nSPS) is 14.3. The van der Waals surface area contributed by atoms with Crippen LogP contribution < -0.4 is 5.32 Å². The van der Waals surface area contributed by atoms with Gasteiger partial charge in [0.05, 0.1) is 12.2 Å². The highest BCUT2D eigenvalue weighted by Gasteiger charge is 2.39. The molecule has 2 heterocycles. The van der Waals surface area contributed by atoms with E-state index in [-0.39, 0.29) is 31.5 Å². The van der Waals surface area contributed by atoms with E-state index in [1.54, 1.807) is 6.07 Å². The van der Waals surface area contributed by atoms with Crippen molar-refractivity contribution >= 4 is 22.5 Å². The lowest BCUT2D eigenvalue weighted by Crippen LogP contribution is -2.41. The number of hydrogen-bond donors (Lipinski definition) is 1. The fourth-order valence-electron chi connectivity index (χ4n) is 3.07. The third kappa shape index (κ3) is 2.85. The Morgan fingerprint density at radius 1 is 1.04 bits per heavy atom. The zero-order valence-electron chi connectivity index (χ0n) is 13.5. The van der Waals surface area contributed by atoms with Gasteiger partial charge in [0.25, 0.3) is 0 Å². The van der Waals surface area contributed by atoms with Crippen molar-refractivity contribution in [3.8, 4) is 0 Å². The van der Waals surface area contributed by atoms with Gasteiger partial charge < -0.3 is 14.8 Å². The standard InChI is InChI=1S/C17H14F3N5O/c18-17(19,20)15-23-22-14-10-24(8-9-25(14)15)16(26)21-13-7-3-5-11-4-1-2-6-12(11)13/h1-7H,8-10H2,(H,21,26). The Balaban J connectivity index is 1.54. The number of halogens is 3. The number of nitrogens with zero attached hydrogens (tertiary/aromatic N) is 4. The van der Waals surface area contributed by atoms with Crippen molar-refractivity contribution in [3.63, 3.8) is 0 Å². The molecule has 0 spiro atoms. The molecule has 1 aliphatic rings. The molecule has 9 heteroatoms. The van der Waals surface area contributed by atoms with E-state index >= 15 is 0 Å². The van der Waals surface area contributed by atoms with Crippen LogP contribution in [0.3, 0.4) is 0 Å². The number of fused-ring (bicyclic) bond motifs is 2. The van der Waals surface area contributed by atoms with E-state index in [0.29, 0.717) is 5.69 Å². The SMILES string of the molecule is O=C(Nc1cccc2ccccc12)N1CCn2c(nnc2C(F)(F)F)C1. The van der Waals surface area contributed by atoms with Crippen molar-refractivity contribution in [2.45, 2.75) is 19.3 Å². The molecular weight excluding hydrogens is 347 g/mol. The number of carbonyl (C=O) groups is 1. The highest BCUT2D eigenvalue weighted by molar-refractivity contribution is 6.01. The maximum absolute atomic E-state index is 12.9. The van der Waals surface area contributed by atoms with E-state index < -0.39 is 12.0 Å². The quantitative estimate of drug-likeness (QED) is 0.722. The minimum absolute atomic E-state index is 0.000133. The number of amides is 2. The van der Waals surface area contributed by atoms with E-state index in [9.17, 15) is 18.0 Å². The largest absolute Gasteiger partial charge is 0.451 e. The number of rotatable bonds is 1. The molecule has 0 unspecified atom stereocenters. The highest BCUT2D eigenvalue weighted by Crippen LogP contribution is 2.29. The third-order valence-electron chi connectivity index (χ3n) is 4.33. The summed E-state index contributed by atoms with van der Waals surface area (Å²) in [5.74, 6) is -0.904. The molecule has 1 aliphatic heterocycles. The van der Waals surface area contributed by atoms with Gasteiger partial charge in [0.1, 0.15) is 0 Å². The summed E-state index contributed by atoms with van der Waals surface area (Å²) in [4.78, 5) is 14.0. The number of hydrogen-bond acceptors (Lipinski definition) is 3. The third-order valence-corrected chi connectivity index (χ3v) is 4.33. The smallest absolute Gasteiger partial charge is 0.315 e. The van der Waals surface area contributed by atoms with Crippen molar-refractivity contribution in [1.29, 1.82) is 0 Å². The molecule has 3 aromatic rings. The summed E-state index contributed by atoms with van der Waals surface area (Å²) in [6.07, 6.45) is -4.56. The summed E-state index contributed by atoms with van der Waals surface area (Å²) in [5.41, 5.74) is 0.649. The molecule has 1 N–H and O–H groups in total. The number of anilines is 1. The Hall–Kier alpha value is -3.10. The zero-order chi connectivity index (χ0) is 18.3. The summed E-state index contributed by atoms with van der Waals surface area (Å²) < 4.78 is 39.7. The molecule has 134 valence electrons. The van der Waals surface area contributed by atoms with E-state index in [0.717, 1.165) is 15.3 Å². The average Bonchev–Trinajstić information content (AvgIpc) is 3.05. The second-order valence-electron chi connectivity index (χ2n) is 5.97. The maximum Gasteiger partial charge on any atom is 0.451 e. The zero-order valence-corrected chi connectivity index (χ0v) is 13.5. The highest BCUT2D eigenvalue weighted by atomic mass is 19.4. The summed E-state index contributed by atoms with van der Waals surface area (Å²) in [5, 5.41) is 11.5. The Morgan fingerprint density at radius 2 is 1.81 bits per heavy atom. The molecule has 0 saturated carbocycles. The predicted octanol–water partition coefficient (Wildman–Crippen LogP) is 3.50. The van der Waals surface area contributed by atoms with E-state index in [1.807, 2.05) is 36.4 Å². The molecule has 0 saturated heterocycles. The van der Waals surface area contributed by atoms with Crippen molar-refractivity contribution in [2.75, 3.05) is 11.9 Å². The van der Waals surface area contributed by atoms with Crippen LogP contribution in [0.2, 0.25) is 0 Å². The molecule has 1 aromatic heterocycles. The molecular formula is C17H14F3N5O. The fraction of sp³-hybridized carbons (Fsp3) is 0.235. The van der Waals surface area contributed by atoms with Crippen molar-refractivity contribution in [1.82, 2.24) is 19.7 Å². The first-order chi connectivity index (χ1) is 12.4. The number of benzene rings is 2. The lowest BCUT2D eigenvalue weighted by atomic mass is 10.1. The lowest BCUT2D eigenvalue weighted by molar-refractivity contribution is -0.147. The number of nitrogens with one attached hydrogen (secondary N) is 1. The molecule has 0 bridgehead atoms. The van der Waals surface area contributed by atoms with E-state index in [4.69, 9.17) is 0 Å². The molecule has 4 rings (SSSR count). The summed E-state index contributed by atoms with van der Waals surface area (Å²) in [7, 11) is 0. The molecule has 26 heavy (non-hydrogen) atoms. The first-order valence-electron chi connectivity index (χ1n) is 7.96. The molecule has 0 aliphatic carbocycles. The van der Waals surface area contributed by atoms with Crippen LogP contribution in [0.5, 0.6) is 0 Å². The van der Waals surface area contributed by atoms with Gasteiger partial charge in [0.15, 0.2) is 5.82 Å². The number of carbonyl (C=O) groups excluding carboxylic acids is 1. The van der Waals surface area contributed by atoms with Crippen LogP contribution in [0.25, 0.3) is 10.8 Å². The van der Waals surface area contributed by atoms with Crippen molar-refractivity contribution in [3.05, 3.63) is 54.1 Å². The first kappa shape index (κ1) is 16.4. The summed E-state index contributed by atoms with van der Waals surface area (Å²) in [6, 6.07) is 12.8. The molecule has 0 fully saturated rings. The first-order valence-corrected chi connectivity index (χ1v) is 7.96. The van der Waals surface area contributed by atoms with Gasteiger partial charge in [-0.05, 0) is 11.5 Å². The Bertz CT molecular complexity index is 977. The minimum Gasteiger partial charge on any atom is -0.315 e.